The van der Waals surface area contributed by atoms with Gasteiger partial charge in [0.25, 0.3) is 11.3 Å². The van der Waals surface area contributed by atoms with Gasteiger partial charge in [0.15, 0.2) is 0 Å². The number of carbonyl (C=O) groups excluding carboxylic acids is 1. The van der Waals surface area contributed by atoms with Crippen molar-refractivity contribution in [1.82, 2.24) is 10.0 Å². The molecule has 5 nitrogen and oxygen atoms in total. The van der Waals surface area contributed by atoms with E-state index in [1.165, 1.54) is 0 Å². The molecule has 0 spiro atoms. The third-order valence-corrected chi connectivity index (χ3v) is 3.08. The summed E-state index contributed by atoms with van der Waals surface area (Å²) in [5.74, 6) is 0.506. The molecule has 2 unspecified atom stereocenters. The van der Waals surface area contributed by atoms with E-state index in [-0.39, 0.29) is 11.9 Å². The zero-order valence-electron chi connectivity index (χ0n) is 10.5. The molecule has 0 saturated heterocycles. The van der Waals surface area contributed by atoms with Crippen LogP contribution in [0.15, 0.2) is 30.3 Å². The topological polar surface area (TPSA) is 67.4 Å². The Labute approximate surface area is 110 Å². The van der Waals surface area contributed by atoms with Gasteiger partial charge >= 0.3 is 0 Å². The molecule has 6 heteroatoms. The summed E-state index contributed by atoms with van der Waals surface area (Å²) in [7, 11) is 0. The minimum atomic E-state index is -1.62. The molecule has 1 rings (SSSR count). The van der Waals surface area contributed by atoms with Gasteiger partial charge < -0.3 is 9.50 Å². The number of hydrogen-bond acceptors (Lipinski definition) is 3. The van der Waals surface area contributed by atoms with E-state index < -0.39 is 11.3 Å². The van der Waals surface area contributed by atoms with E-state index >= 15 is 0 Å². The molecule has 0 heterocycles. The number of rotatable bonds is 7. The third kappa shape index (κ3) is 5.79. The Balaban J connectivity index is 2.29. The van der Waals surface area contributed by atoms with E-state index in [9.17, 15) is 9.00 Å². The summed E-state index contributed by atoms with van der Waals surface area (Å²) in [6.07, 6.45) is 0.441. The van der Waals surface area contributed by atoms with Crippen molar-refractivity contribution >= 4 is 17.2 Å². The first kappa shape index (κ1) is 14.7. The lowest BCUT2D eigenvalue weighted by molar-refractivity contribution is -0.120. The second kappa shape index (κ2) is 7.84. The molecule has 0 aliphatic rings. The molecule has 18 heavy (non-hydrogen) atoms. The van der Waals surface area contributed by atoms with Crippen LogP contribution in [-0.4, -0.2) is 22.7 Å². The number of carbonyl (C=O) groups is 1. The minimum Gasteiger partial charge on any atom is -0.389 e. The lowest BCUT2D eigenvalue weighted by Gasteiger charge is -2.13. The van der Waals surface area contributed by atoms with Gasteiger partial charge in [-0.1, -0.05) is 25.1 Å². The van der Waals surface area contributed by atoms with E-state index in [0.29, 0.717) is 18.7 Å². The maximum Gasteiger partial charge on any atom is 0.288 e. The van der Waals surface area contributed by atoms with Crippen molar-refractivity contribution in [2.24, 2.45) is 0 Å². The molecule has 0 aromatic heterocycles. The van der Waals surface area contributed by atoms with E-state index in [4.69, 9.17) is 4.18 Å². The number of benzene rings is 1. The molecule has 0 saturated carbocycles. The molecule has 1 amide bonds. The van der Waals surface area contributed by atoms with E-state index in [2.05, 4.69) is 10.0 Å². The van der Waals surface area contributed by atoms with Crippen LogP contribution in [0.1, 0.15) is 20.3 Å². The van der Waals surface area contributed by atoms with Crippen LogP contribution in [0, 0.1) is 0 Å². The fourth-order valence-electron chi connectivity index (χ4n) is 1.19. The summed E-state index contributed by atoms with van der Waals surface area (Å²) < 4.78 is 19.5. The molecule has 1 aromatic rings. The Kier molecular flexibility index (Phi) is 6.38. The Morgan fingerprint density at radius 3 is 2.67 bits per heavy atom. The van der Waals surface area contributed by atoms with Gasteiger partial charge in [0, 0.05) is 19.0 Å². The largest absolute Gasteiger partial charge is 0.389 e. The normalized spacial score (nSPS) is 13.7. The van der Waals surface area contributed by atoms with Crippen LogP contribution in [0.2, 0.25) is 0 Å². The zero-order valence-corrected chi connectivity index (χ0v) is 11.3. The monoisotopic (exact) mass is 270 g/mol. The van der Waals surface area contributed by atoms with Crippen molar-refractivity contribution in [2.45, 2.75) is 26.3 Å². The summed E-state index contributed by atoms with van der Waals surface area (Å²) in [6, 6.07) is 8.78. The van der Waals surface area contributed by atoms with Crippen LogP contribution < -0.4 is 14.2 Å². The van der Waals surface area contributed by atoms with Crippen molar-refractivity contribution in [2.75, 3.05) is 6.54 Å². The molecule has 100 valence electrons. The standard InChI is InChI=1S/C12H18N2O3S/c1-3-12(15)13-9-10(2)14-18(16)17-11-7-5-4-6-8-11/h4-8,10,14H,3,9H2,1-2H3,(H,13,15). The molecule has 2 atom stereocenters. The fraction of sp³-hybridized carbons (Fsp3) is 0.417. The van der Waals surface area contributed by atoms with Gasteiger partial charge in [0.2, 0.25) is 5.91 Å². The maximum atomic E-state index is 11.6. The lowest BCUT2D eigenvalue weighted by Crippen LogP contribution is -2.40. The van der Waals surface area contributed by atoms with Gasteiger partial charge in [-0.05, 0) is 19.1 Å². The summed E-state index contributed by atoms with van der Waals surface area (Å²) in [4.78, 5) is 11.0. The number of para-hydroxylation sites is 1. The first-order valence-corrected chi connectivity index (χ1v) is 6.87. The van der Waals surface area contributed by atoms with E-state index in [1.807, 2.05) is 13.0 Å². The van der Waals surface area contributed by atoms with Gasteiger partial charge in [-0.3, -0.25) is 4.79 Å². The highest BCUT2D eigenvalue weighted by atomic mass is 32.2. The van der Waals surface area contributed by atoms with Crippen molar-refractivity contribution in [3.05, 3.63) is 30.3 Å². The highest BCUT2D eigenvalue weighted by molar-refractivity contribution is 7.78. The predicted octanol–water partition coefficient (Wildman–Crippen LogP) is 1.15. The second-order valence-corrected chi connectivity index (χ2v) is 4.68. The van der Waals surface area contributed by atoms with Gasteiger partial charge in [0.1, 0.15) is 5.75 Å². The van der Waals surface area contributed by atoms with Crippen molar-refractivity contribution in [1.29, 1.82) is 0 Å². The number of amides is 1. The second-order valence-electron chi connectivity index (χ2n) is 3.81. The molecular weight excluding hydrogens is 252 g/mol. The summed E-state index contributed by atoms with van der Waals surface area (Å²) >= 11 is -1.62. The summed E-state index contributed by atoms with van der Waals surface area (Å²) in [5, 5.41) is 2.71. The maximum absolute atomic E-state index is 11.6. The van der Waals surface area contributed by atoms with Gasteiger partial charge in [-0.2, -0.15) is 8.93 Å². The van der Waals surface area contributed by atoms with Crippen molar-refractivity contribution in [3.8, 4) is 5.75 Å². The summed E-state index contributed by atoms with van der Waals surface area (Å²) in [5.41, 5.74) is 0. The van der Waals surface area contributed by atoms with Crippen molar-refractivity contribution < 1.29 is 13.2 Å². The Hall–Kier alpha value is -1.40. The quantitative estimate of drug-likeness (QED) is 0.781. The Morgan fingerprint density at radius 1 is 1.39 bits per heavy atom. The Morgan fingerprint density at radius 2 is 2.06 bits per heavy atom. The van der Waals surface area contributed by atoms with Gasteiger partial charge in [0.05, 0.1) is 0 Å². The lowest BCUT2D eigenvalue weighted by atomic mass is 10.3. The van der Waals surface area contributed by atoms with E-state index in [0.717, 1.165) is 0 Å². The smallest absolute Gasteiger partial charge is 0.288 e. The molecule has 0 bridgehead atoms. The summed E-state index contributed by atoms with van der Waals surface area (Å²) in [6.45, 7) is 4.02. The van der Waals surface area contributed by atoms with Crippen LogP contribution in [0.25, 0.3) is 0 Å². The Bertz CT molecular complexity index is 398. The van der Waals surface area contributed by atoms with Gasteiger partial charge in [-0.15, -0.1) is 0 Å². The van der Waals surface area contributed by atoms with E-state index in [1.54, 1.807) is 31.2 Å². The molecular formula is C12H18N2O3S. The van der Waals surface area contributed by atoms with Crippen LogP contribution >= 0.6 is 0 Å². The van der Waals surface area contributed by atoms with Crippen LogP contribution in [0.4, 0.5) is 0 Å². The highest BCUT2D eigenvalue weighted by Gasteiger charge is 2.09. The average molecular weight is 270 g/mol. The zero-order chi connectivity index (χ0) is 13.4. The number of nitrogens with one attached hydrogen (secondary N) is 2. The molecule has 1 aromatic carbocycles. The molecule has 0 fully saturated rings. The van der Waals surface area contributed by atoms with Crippen LogP contribution in [0.3, 0.4) is 0 Å². The number of hydrogen-bond donors (Lipinski definition) is 2. The predicted molar refractivity (Wildman–Crippen MR) is 71.1 cm³/mol. The van der Waals surface area contributed by atoms with Crippen molar-refractivity contribution in [3.63, 3.8) is 0 Å². The molecule has 2 N–H and O–H groups in total. The molecule has 0 aliphatic heterocycles. The minimum absolute atomic E-state index is 0.0292. The third-order valence-electron chi connectivity index (χ3n) is 2.14. The molecule has 0 radical (unpaired) electrons. The average Bonchev–Trinajstić information content (AvgIpc) is 2.37. The fourth-order valence-corrected chi connectivity index (χ4v) is 1.93. The van der Waals surface area contributed by atoms with Gasteiger partial charge in [-0.25, -0.2) is 0 Å². The SMILES string of the molecule is CCC(=O)NCC(C)NS(=O)Oc1ccccc1. The first-order chi connectivity index (χ1) is 8.61. The van der Waals surface area contributed by atoms with Crippen LogP contribution in [0.5, 0.6) is 5.75 Å². The first-order valence-electron chi connectivity index (χ1n) is 5.79. The molecule has 0 aliphatic carbocycles. The van der Waals surface area contributed by atoms with Crippen LogP contribution in [-0.2, 0) is 16.1 Å². The highest BCUT2D eigenvalue weighted by Crippen LogP contribution is 2.09.